The monoisotopic (exact) mass is 280 g/mol. The third-order valence-corrected chi connectivity index (χ3v) is 2.40. The van der Waals surface area contributed by atoms with Crippen molar-refractivity contribution < 1.29 is 23.8 Å². The van der Waals surface area contributed by atoms with Crippen LogP contribution in [0.15, 0.2) is 24.3 Å². The average molecular weight is 280 g/mol. The van der Waals surface area contributed by atoms with E-state index in [0.29, 0.717) is 18.1 Å². The summed E-state index contributed by atoms with van der Waals surface area (Å²) in [7, 11) is 1.56. The Bertz CT molecular complexity index is 436. The van der Waals surface area contributed by atoms with Crippen LogP contribution in [-0.4, -0.2) is 25.7 Å². The van der Waals surface area contributed by atoms with Gasteiger partial charge in [0.05, 0.1) is 26.6 Å². The van der Waals surface area contributed by atoms with E-state index in [2.05, 4.69) is 0 Å². The van der Waals surface area contributed by atoms with Crippen molar-refractivity contribution in [2.24, 2.45) is 5.92 Å². The second-order valence-electron chi connectivity index (χ2n) is 4.73. The Morgan fingerprint density at radius 1 is 1.00 bits per heavy atom. The van der Waals surface area contributed by atoms with Crippen molar-refractivity contribution in [2.75, 3.05) is 13.7 Å². The zero-order valence-electron chi connectivity index (χ0n) is 12.0. The van der Waals surface area contributed by atoms with Crippen LogP contribution in [0.4, 0.5) is 0 Å². The zero-order valence-corrected chi connectivity index (χ0v) is 12.0. The van der Waals surface area contributed by atoms with E-state index in [4.69, 9.17) is 14.2 Å². The van der Waals surface area contributed by atoms with Crippen LogP contribution in [0.2, 0.25) is 0 Å². The number of ether oxygens (including phenoxy) is 3. The van der Waals surface area contributed by atoms with Crippen molar-refractivity contribution in [2.45, 2.75) is 26.7 Å². The minimum Gasteiger partial charge on any atom is -0.497 e. The Kier molecular flexibility index (Phi) is 6.56. The molecule has 0 bridgehead atoms. The molecule has 0 aliphatic rings. The van der Waals surface area contributed by atoms with Crippen LogP contribution in [0.25, 0.3) is 0 Å². The first-order chi connectivity index (χ1) is 9.51. The molecule has 1 rings (SSSR count). The fourth-order valence-electron chi connectivity index (χ4n) is 1.36. The molecular formula is C15H20O5. The van der Waals surface area contributed by atoms with Gasteiger partial charge in [-0.25, -0.2) is 0 Å². The highest BCUT2D eigenvalue weighted by Crippen LogP contribution is 2.17. The van der Waals surface area contributed by atoms with Gasteiger partial charge in [-0.2, -0.15) is 0 Å². The summed E-state index contributed by atoms with van der Waals surface area (Å²) in [6, 6.07) is 6.65. The maximum Gasteiger partial charge on any atom is 0.311 e. The molecule has 0 unspecified atom stereocenters. The van der Waals surface area contributed by atoms with E-state index in [1.54, 1.807) is 31.4 Å². The van der Waals surface area contributed by atoms with Crippen LogP contribution in [0.5, 0.6) is 11.5 Å². The van der Waals surface area contributed by atoms with Crippen molar-refractivity contribution in [1.29, 1.82) is 0 Å². The Hall–Kier alpha value is -2.04. The Labute approximate surface area is 118 Å². The minimum absolute atomic E-state index is 0.00293. The highest BCUT2D eigenvalue weighted by Gasteiger charge is 2.10. The number of carbonyl (C=O) groups is 2. The second kappa shape index (κ2) is 8.19. The number of esters is 2. The summed E-state index contributed by atoms with van der Waals surface area (Å²) >= 11 is 0. The fraction of sp³-hybridized carbons (Fsp3) is 0.467. The molecule has 0 aliphatic carbocycles. The summed E-state index contributed by atoms with van der Waals surface area (Å²) in [5.74, 6) is 0.542. The molecule has 0 saturated heterocycles. The lowest BCUT2D eigenvalue weighted by Crippen LogP contribution is -2.14. The molecule has 0 fully saturated rings. The van der Waals surface area contributed by atoms with Crippen molar-refractivity contribution in [3.63, 3.8) is 0 Å². The Morgan fingerprint density at radius 3 is 2.10 bits per heavy atom. The van der Waals surface area contributed by atoms with Gasteiger partial charge < -0.3 is 14.2 Å². The van der Waals surface area contributed by atoms with Crippen LogP contribution in [0.3, 0.4) is 0 Å². The summed E-state index contributed by atoms with van der Waals surface area (Å²) in [5.41, 5.74) is 0. The lowest BCUT2D eigenvalue weighted by Gasteiger charge is -2.07. The summed E-state index contributed by atoms with van der Waals surface area (Å²) in [5, 5.41) is 0. The molecule has 0 spiro atoms. The smallest absolute Gasteiger partial charge is 0.311 e. The van der Waals surface area contributed by atoms with E-state index < -0.39 is 5.97 Å². The molecule has 0 atom stereocenters. The van der Waals surface area contributed by atoms with E-state index >= 15 is 0 Å². The SMILES string of the molecule is COc1ccc(OC(=O)CCC(=O)OCC(C)C)cc1. The first kappa shape index (κ1) is 16.0. The van der Waals surface area contributed by atoms with Gasteiger partial charge >= 0.3 is 11.9 Å². The maximum atomic E-state index is 11.5. The van der Waals surface area contributed by atoms with Gasteiger partial charge in [0.25, 0.3) is 0 Å². The van der Waals surface area contributed by atoms with Gasteiger partial charge in [0.15, 0.2) is 0 Å². The van der Waals surface area contributed by atoms with Gasteiger partial charge in [-0.3, -0.25) is 9.59 Å². The Morgan fingerprint density at radius 2 is 1.55 bits per heavy atom. The molecular weight excluding hydrogens is 260 g/mol. The normalized spacial score (nSPS) is 10.2. The lowest BCUT2D eigenvalue weighted by molar-refractivity contribution is -0.147. The molecule has 0 aliphatic heterocycles. The maximum absolute atomic E-state index is 11.5. The third kappa shape index (κ3) is 6.22. The molecule has 1 aromatic rings. The molecule has 110 valence electrons. The number of hydrogen-bond donors (Lipinski definition) is 0. The highest BCUT2D eigenvalue weighted by molar-refractivity contribution is 5.79. The number of methoxy groups -OCH3 is 1. The van der Waals surface area contributed by atoms with Crippen LogP contribution < -0.4 is 9.47 Å². The van der Waals surface area contributed by atoms with Crippen LogP contribution in [-0.2, 0) is 14.3 Å². The Balaban J connectivity index is 2.30. The molecule has 0 radical (unpaired) electrons. The van der Waals surface area contributed by atoms with Crippen LogP contribution in [0, 0.1) is 5.92 Å². The average Bonchev–Trinajstić information content (AvgIpc) is 2.43. The highest BCUT2D eigenvalue weighted by atomic mass is 16.5. The predicted molar refractivity (Wildman–Crippen MR) is 73.7 cm³/mol. The van der Waals surface area contributed by atoms with E-state index in [1.807, 2.05) is 13.8 Å². The van der Waals surface area contributed by atoms with Crippen molar-refractivity contribution in [3.8, 4) is 11.5 Å². The van der Waals surface area contributed by atoms with Crippen LogP contribution >= 0.6 is 0 Å². The number of benzene rings is 1. The van der Waals surface area contributed by atoms with Gasteiger partial charge in [-0.05, 0) is 30.2 Å². The van der Waals surface area contributed by atoms with Gasteiger partial charge in [-0.15, -0.1) is 0 Å². The van der Waals surface area contributed by atoms with Crippen molar-refractivity contribution in [1.82, 2.24) is 0 Å². The summed E-state index contributed by atoms with van der Waals surface area (Å²) in [6.45, 7) is 4.27. The zero-order chi connectivity index (χ0) is 15.0. The summed E-state index contributed by atoms with van der Waals surface area (Å²) in [6.07, 6.45) is 0.0324. The van der Waals surface area contributed by atoms with Gasteiger partial charge in [0, 0.05) is 0 Å². The first-order valence-electron chi connectivity index (χ1n) is 6.51. The largest absolute Gasteiger partial charge is 0.497 e. The second-order valence-corrected chi connectivity index (χ2v) is 4.73. The lowest BCUT2D eigenvalue weighted by atomic mass is 10.2. The minimum atomic E-state index is -0.461. The predicted octanol–water partition coefficient (Wildman–Crippen LogP) is 2.58. The topological polar surface area (TPSA) is 61.8 Å². The molecule has 5 heteroatoms. The molecule has 0 amide bonds. The molecule has 5 nitrogen and oxygen atoms in total. The summed E-state index contributed by atoms with van der Waals surface area (Å²) < 4.78 is 15.1. The first-order valence-corrected chi connectivity index (χ1v) is 6.51. The van der Waals surface area contributed by atoms with E-state index in [-0.39, 0.29) is 24.7 Å². The quantitative estimate of drug-likeness (QED) is 0.567. The van der Waals surface area contributed by atoms with Crippen molar-refractivity contribution >= 4 is 11.9 Å². The van der Waals surface area contributed by atoms with Gasteiger partial charge in [0.1, 0.15) is 11.5 Å². The standard InChI is InChI=1S/C15H20O5/c1-11(2)10-19-14(16)8-9-15(17)20-13-6-4-12(18-3)5-7-13/h4-7,11H,8-10H2,1-3H3. The van der Waals surface area contributed by atoms with Crippen LogP contribution in [0.1, 0.15) is 26.7 Å². The number of carbonyl (C=O) groups excluding carboxylic acids is 2. The fourth-order valence-corrected chi connectivity index (χ4v) is 1.36. The summed E-state index contributed by atoms with van der Waals surface area (Å²) in [4.78, 5) is 22.9. The van der Waals surface area contributed by atoms with Crippen molar-refractivity contribution in [3.05, 3.63) is 24.3 Å². The molecule has 0 heterocycles. The molecule has 0 saturated carbocycles. The molecule has 0 N–H and O–H groups in total. The number of hydrogen-bond acceptors (Lipinski definition) is 5. The molecule has 0 aromatic heterocycles. The van der Waals surface area contributed by atoms with E-state index in [9.17, 15) is 9.59 Å². The van der Waals surface area contributed by atoms with Gasteiger partial charge in [0.2, 0.25) is 0 Å². The third-order valence-electron chi connectivity index (χ3n) is 2.40. The van der Waals surface area contributed by atoms with Gasteiger partial charge in [-0.1, -0.05) is 13.8 Å². The molecule has 1 aromatic carbocycles. The number of rotatable bonds is 7. The van der Waals surface area contributed by atoms with E-state index in [1.165, 1.54) is 0 Å². The van der Waals surface area contributed by atoms with E-state index in [0.717, 1.165) is 0 Å². The molecule has 20 heavy (non-hydrogen) atoms.